The van der Waals surface area contributed by atoms with E-state index in [0.29, 0.717) is 6.42 Å². The van der Waals surface area contributed by atoms with E-state index in [2.05, 4.69) is 19.2 Å². The molecule has 0 aliphatic carbocycles. The predicted molar refractivity (Wildman–Crippen MR) is 98.2 cm³/mol. The Bertz CT molecular complexity index is 435. The van der Waals surface area contributed by atoms with Gasteiger partial charge in [0, 0.05) is 7.05 Å². The maximum atomic E-state index is 11.4. The summed E-state index contributed by atoms with van der Waals surface area (Å²) in [6, 6.07) is 7.33. The topological polar surface area (TPSA) is 64.4 Å². The minimum atomic E-state index is -0.502. The van der Waals surface area contributed by atoms with Crippen LogP contribution in [0.2, 0.25) is 0 Å². The highest BCUT2D eigenvalue weighted by atomic mass is 35.5. The monoisotopic (exact) mass is 342 g/mol. The minimum absolute atomic E-state index is 0. The number of benzene rings is 1. The van der Waals surface area contributed by atoms with Gasteiger partial charge in [-0.05, 0) is 36.5 Å². The third kappa shape index (κ3) is 9.47. The molecule has 1 rings (SSSR count). The third-order valence-corrected chi connectivity index (χ3v) is 3.66. The second-order valence-electron chi connectivity index (χ2n) is 6.16. The van der Waals surface area contributed by atoms with Crippen LogP contribution in [0.1, 0.15) is 45.1 Å². The number of nitrogens with one attached hydrogen (secondary N) is 1. The van der Waals surface area contributed by atoms with Crippen LogP contribution in [0, 0.1) is 5.92 Å². The first-order valence-electron chi connectivity index (χ1n) is 8.22. The summed E-state index contributed by atoms with van der Waals surface area (Å²) >= 11 is 0. The van der Waals surface area contributed by atoms with Crippen LogP contribution in [0.25, 0.3) is 0 Å². The van der Waals surface area contributed by atoms with E-state index in [1.165, 1.54) is 19.3 Å². The van der Waals surface area contributed by atoms with E-state index in [9.17, 15) is 4.79 Å². The fourth-order valence-electron chi connectivity index (χ4n) is 2.28. The van der Waals surface area contributed by atoms with Crippen molar-refractivity contribution in [2.45, 2.75) is 52.0 Å². The minimum Gasteiger partial charge on any atom is -0.494 e. The number of unbranched alkanes of at least 4 members (excludes halogenated alkanes) is 2. The molecule has 5 heteroatoms. The van der Waals surface area contributed by atoms with Gasteiger partial charge < -0.3 is 15.8 Å². The Balaban J connectivity index is 0.00000484. The van der Waals surface area contributed by atoms with Gasteiger partial charge in [0.15, 0.2) is 0 Å². The molecule has 0 unspecified atom stereocenters. The summed E-state index contributed by atoms with van der Waals surface area (Å²) < 4.78 is 5.73. The summed E-state index contributed by atoms with van der Waals surface area (Å²) in [5.41, 5.74) is 6.84. The second kappa shape index (κ2) is 12.2. The molecule has 1 atom stereocenters. The molecule has 1 aromatic rings. The Morgan fingerprint density at radius 2 is 1.83 bits per heavy atom. The molecular weight excluding hydrogens is 312 g/mol. The normalized spacial score (nSPS) is 11.7. The largest absolute Gasteiger partial charge is 0.494 e. The summed E-state index contributed by atoms with van der Waals surface area (Å²) in [6.07, 6.45) is 5.42. The van der Waals surface area contributed by atoms with Gasteiger partial charge in [0.1, 0.15) is 5.75 Å². The molecule has 0 saturated heterocycles. The highest BCUT2D eigenvalue weighted by Gasteiger charge is 2.11. The second-order valence-corrected chi connectivity index (χ2v) is 6.16. The number of amides is 1. The van der Waals surface area contributed by atoms with Crippen molar-refractivity contribution in [2.75, 3.05) is 13.7 Å². The number of rotatable bonds is 10. The maximum Gasteiger partial charge on any atom is 0.237 e. The van der Waals surface area contributed by atoms with Crippen LogP contribution < -0.4 is 15.8 Å². The molecule has 3 N–H and O–H groups in total. The Labute approximate surface area is 146 Å². The molecule has 1 amide bonds. The standard InChI is InChI=1S/C18H30N2O2.ClH/c1-14(2)7-5-4-6-12-22-16-10-8-15(9-11-16)13-17(19)18(21)20-3;/h8-11,14,17H,4-7,12-13,19H2,1-3H3,(H,20,21);1H/t17-;/m0./s1. The van der Waals surface area contributed by atoms with Crippen LogP contribution in [-0.4, -0.2) is 25.6 Å². The molecule has 0 aliphatic heterocycles. The SMILES string of the molecule is CNC(=O)[C@@H](N)Cc1ccc(OCCCCCC(C)C)cc1.Cl. The fraction of sp³-hybridized carbons (Fsp3) is 0.611. The molecule has 0 fully saturated rings. The number of ether oxygens (including phenoxy) is 1. The molecule has 0 aromatic heterocycles. The van der Waals surface area contributed by atoms with Crippen LogP contribution in [0.3, 0.4) is 0 Å². The molecule has 1 aromatic carbocycles. The molecule has 23 heavy (non-hydrogen) atoms. The lowest BCUT2D eigenvalue weighted by molar-refractivity contribution is -0.121. The maximum absolute atomic E-state index is 11.4. The van der Waals surface area contributed by atoms with Crippen LogP contribution in [-0.2, 0) is 11.2 Å². The van der Waals surface area contributed by atoms with Crippen molar-refractivity contribution in [3.8, 4) is 5.75 Å². The Morgan fingerprint density at radius 3 is 2.39 bits per heavy atom. The molecule has 0 saturated carbocycles. The van der Waals surface area contributed by atoms with Gasteiger partial charge in [-0.3, -0.25) is 4.79 Å². The van der Waals surface area contributed by atoms with Crippen molar-refractivity contribution in [3.63, 3.8) is 0 Å². The lowest BCUT2D eigenvalue weighted by Gasteiger charge is -2.11. The summed E-state index contributed by atoms with van der Waals surface area (Å²) in [5.74, 6) is 1.53. The number of hydrogen-bond acceptors (Lipinski definition) is 3. The third-order valence-electron chi connectivity index (χ3n) is 3.66. The number of carbonyl (C=O) groups excluding carboxylic acids is 1. The van der Waals surface area contributed by atoms with Crippen LogP contribution in [0.5, 0.6) is 5.75 Å². The van der Waals surface area contributed by atoms with Crippen LogP contribution in [0.4, 0.5) is 0 Å². The van der Waals surface area contributed by atoms with Crippen molar-refractivity contribution in [3.05, 3.63) is 29.8 Å². The molecule has 0 radical (unpaired) electrons. The molecule has 4 nitrogen and oxygen atoms in total. The Kier molecular flexibility index (Phi) is 11.5. The van der Waals surface area contributed by atoms with Gasteiger partial charge in [0.05, 0.1) is 12.6 Å². The zero-order valence-electron chi connectivity index (χ0n) is 14.5. The molecule has 0 aliphatic rings. The van der Waals surface area contributed by atoms with E-state index in [1.54, 1.807) is 7.05 Å². The smallest absolute Gasteiger partial charge is 0.237 e. The van der Waals surface area contributed by atoms with E-state index in [0.717, 1.165) is 30.3 Å². The average Bonchev–Trinajstić information content (AvgIpc) is 2.51. The van der Waals surface area contributed by atoms with Crippen molar-refractivity contribution in [2.24, 2.45) is 11.7 Å². The van der Waals surface area contributed by atoms with Crippen molar-refractivity contribution in [1.29, 1.82) is 0 Å². The first-order chi connectivity index (χ1) is 10.5. The summed E-state index contributed by atoms with van der Waals surface area (Å²) in [4.78, 5) is 11.4. The number of likely N-dealkylation sites (N-methyl/N-ethyl adjacent to an activating group) is 1. The van der Waals surface area contributed by atoms with Gasteiger partial charge in [-0.2, -0.15) is 0 Å². The fourth-order valence-corrected chi connectivity index (χ4v) is 2.28. The number of nitrogens with two attached hydrogens (primary N) is 1. The lowest BCUT2D eigenvalue weighted by Crippen LogP contribution is -2.40. The molecule has 0 spiro atoms. The van der Waals surface area contributed by atoms with Gasteiger partial charge in [-0.25, -0.2) is 0 Å². The molecule has 0 bridgehead atoms. The average molecular weight is 343 g/mol. The van der Waals surface area contributed by atoms with Gasteiger partial charge in [-0.1, -0.05) is 45.2 Å². The van der Waals surface area contributed by atoms with Crippen molar-refractivity contribution in [1.82, 2.24) is 5.32 Å². The van der Waals surface area contributed by atoms with Gasteiger partial charge in [0.2, 0.25) is 5.91 Å². The summed E-state index contributed by atoms with van der Waals surface area (Å²) in [6.45, 7) is 5.28. The van der Waals surface area contributed by atoms with Crippen molar-refractivity contribution >= 4 is 18.3 Å². The summed E-state index contributed by atoms with van der Waals surface area (Å²) in [5, 5.41) is 2.56. The van der Waals surface area contributed by atoms with Gasteiger partial charge >= 0.3 is 0 Å². The van der Waals surface area contributed by atoms with Gasteiger partial charge in [0.25, 0.3) is 0 Å². The molecule has 132 valence electrons. The van der Waals surface area contributed by atoms with Crippen molar-refractivity contribution < 1.29 is 9.53 Å². The zero-order valence-corrected chi connectivity index (χ0v) is 15.3. The van der Waals surface area contributed by atoms with Crippen LogP contribution >= 0.6 is 12.4 Å². The van der Waals surface area contributed by atoms with E-state index >= 15 is 0 Å². The van der Waals surface area contributed by atoms with E-state index in [4.69, 9.17) is 10.5 Å². The van der Waals surface area contributed by atoms with E-state index < -0.39 is 6.04 Å². The predicted octanol–water partition coefficient (Wildman–Crippen LogP) is 3.32. The van der Waals surface area contributed by atoms with Crippen LogP contribution in [0.15, 0.2) is 24.3 Å². The Hall–Kier alpha value is -1.26. The first-order valence-corrected chi connectivity index (χ1v) is 8.22. The highest BCUT2D eigenvalue weighted by molar-refractivity contribution is 5.85. The molecular formula is C18H31ClN2O2. The summed E-state index contributed by atoms with van der Waals surface area (Å²) in [7, 11) is 1.60. The zero-order chi connectivity index (χ0) is 16.4. The quantitative estimate of drug-likeness (QED) is 0.641. The number of hydrogen-bond donors (Lipinski definition) is 2. The molecule has 0 heterocycles. The van der Waals surface area contributed by atoms with Gasteiger partial charge in [-0.15, -0.1) is 12.4 Å². The number of halogens is 1. The number of carbonyl (C=O) groups is 1. The highest BCUT2D eigenvalue weighted by Crippen LogP contribution is 2.14. The van der Waals surface area contributed by atoms with E-state index in [-0.39, 0.29) is 18.3 Å². The Morgan fingerprint density at radius 1 is 1.17 bits per heavy atom. The van der Waals surface area contributed by atoms with E-state index in [1.807, 2.05) is 24.3 Å². The lowest BCUT2D eigenvalue weighted by atomic mass is 10.1. The first kappa shape index (κ1) is 21.7.